The minimum absolute atomic E-state index is 0.00995. The first kappa shape index (κ1) is 12.0. The Labute approximate surface area is 89.3 Å². The molecule has 0 aliphatic carbocycles. The number of aliphatic hydroxyl groups is 1. The molecule has 0 aliphatic heterocycles. The number of hydrogen-bond donors (Lipinski definition) is 1. The first-order valence-corrected chi connectivity index (χ1v) is 5.10. The molecule has 0 spiro atoms. The number of aliphatic hydroxyl groups excluding tert-OH is 1. The van der Waals surface area contributed by atoms with E-state index in [-0.39, 0.29) is 23.9 Å². The van der Waals surface area contributed by atoms with Crippen LogP contribution in [0.4, 0.5) is 0 Å². The second-order valence-corrected chi connectivity index (χ2v) is 4.90. The van der Waals surface area contributed by atoms with Gasteiger partial charge in [-0.2, -0.15) is 5.10 Å². The zero-order valence-corrected chi connectivity index (χ0v) is 9.98. The Morgan fingerprint density at radius 2 is 1.93 bits per heavy atom. The summed E-state index contributed by atoms with van der Waals surface area (Å²) < 4.78 is 2.93. The van der Waals surface area contributed by atoms with Crippen LogP contribution in [0.1, 0.15) is 46.5 Å². The Hall–Kier alpha value is -1.10. The van der Waals surface area contributed by atoms with Crippen LogP contribution in [-0.4, -0.2) is 19.5 Å². The number of aromatic nitrogens is 3. The van der Waals surface area contributed by atoms with Gasteiger partial charge in [-0.05, 0) is 34.6 Å². The molecule has 0 bridgehead atoms. The monoisotopic (exact) mass is 213 g/mol. The zero-order valence-electron chi connectivity index (χ0n) is 9.98. The third-order valence-electron chi connectivity index (χ3n) is 2.17. The molecule has 0 saturated carbocycles. The topological polar surface area (TPSA) is 60.0 Å². The molecule has 0 aliphatic rings. The van der Waals surface area contributed by atoms with E-state index in [2.05, 4.69) is 5.10 Å². The summed E-state index contributed by atoms with van der Waals surface area (Å²) in [5, 5.41) is 13.3. The quantitative estimate of drug-likeness (QED) is 0.793. The highest BCUT2D eigenvalue weighted by atomic mass is 16.3. The average molecular weight is 213 g/mol. The highest BCUT2D eigenvalue weighted by molar-refractivity contribution is 4.90. The number of hydrogen-bond acceptors (Lipinski definition) is 3. The lowest BCUT2D eigenvalue weighted by Crippen LogP contribution is -2.36. The Morgan fingerprint density at radius 3 is 2.20 bits per heavy atom. The van der Waals surface area contributed by atoms with Crippen molar-refractivity contribution in [2.24, 2.45) is 0 Å². The molecule has 0 aromatic carbocycles. The van der Waals surface area contributed by atoms with E-state index in [1.807, 2.05) is 34.6 Å². The van der Waals surface area contributed by atoms with E-state index in [0.717, 1.165) is 0 Å². The summed E-state index contributed by atoms with van der Waals surface area (Å²) in [5.41, 5.74) is -0.525. The molecule has 1 heterocycles. The number of rotatable bonds is 2. The van der Waals surface area contributed by atoms with Crippen LogP contribution in [0.25, 0.3) is 0 Å². The smallest absolute Gasteiger partial charge is 0.346 e. The minimum Gasteiger partial charge on any atom is -0.388 e. The lowest BCUT2D eigenvalue weighted by atomic mass is 10.1. The van der Waals surface area contributed by atoms with E-state index >= 15 is 0 Å². The molecule has 1 aromatic rings. The summed E-state index contributed by atoms with van der Waals surface area (Å²) in [6, 6.07) is 0.00995. The summed E-state index contributed by atoms with van der Waals surface area (Å²) in [5.74, 6) is 0.421. The minimum atomic E-state index is -0.360. The van der Waals surface area contributed by atoms with Crippen LogP contribution in [0.2, 0.25) is 0 Å². The largest absolute Gasteiger partial charge is 0.388 e. The van der Waals surface area contributed by atoms with Gasteiger partial charge in [-0.25, -0.2) is 9.48 Å². The van der Waals surface area contributed by atoms with Gasteiger partial charge < -0.3 is 5.11 Å². The Balaban J connectivity index is 3.42. The summed E-state index contributed by atoms with van der Waals surface area (Å²) in [7, 11) is 0. The second kappa shape index (κ2) is 3.81. The normalized spacial score (nSPS) is 12.5. The molecule has 0 saturated heterocycles. The van der Waals surface area contributed by atoms with Crippen molar-refractivity contribution in [3.63, 3.8) is 0 Å². The van der Waals surface area contributed by atoms with Gasteiger partial charge in [-0.1, -0.05) is 0 Å². The van der Waals surface area contributed by atoms with Crippen LogP contribution >= 0.6 is 0 Å². The van der Waals surface area contributed by atoms with Crippen molar-refractivity contribution in [2.75, 3.05) is 0 Å². The summed E-state index contributed by atoms with van der Waals surface area (Å²) in [6.07, 6.45) is 0. The van der Waals surface area contributed by atoms with E-state index < -0.39 is 0 Å². The fraction of sp³-hybridized carbons (Fsp3) is 0.800. The molecule has 15 heavy (non-hydrogen) atoms. The summed E-state index contributed by atoms with van der Waals surface area (Å²) >= 11 is 0. The van der Waals surface area contributed by atoms with Gasteiger partial charge in [-0.15, -0.1) is 0 Å². The molecule has 86 valence electrons. The van der Waals surface area contributed by atoms with E-state index in [1.54, 1.807) is 0 Å². The van der Waals surface area contributed by atoms with Gasteiger partial charge in [-0.3, -0.25) is 4.57 Å². The molecule has 1 aromatic heterocycles. The predicted molar refractivity (Wildman–Crippen MR) is 57.8 cm³/mol. The van der Waals surface area contributed by atoms with Gasteiger partial charge in [0.25, 0.3) is 0 Å². The van der Waals surface area contributed by atoms with Crippen LogP contribution in [0.3, 0.4) is 0 Å². The lowest BCUT2D eigenvalue weighted by molar-refractivity contribution is 0.259. The van der Waals surface area contributed by atoms with E-state index in [4.69, 9.17) is 5.11 Å². The average Bonchev–Trinajstić information content (AvgIpc) is 2.41. The molecule has 0 unspecified atom stereocenters. The van der Waals surface area contributed by atoms with Crippen molar-refractivity contribution >= 4 is 0 Å². The molecular formula is C10H19N3O2. The molecule has 0 radical (unpaired) electrons. The maximum absolute atomic E-state index is 12.0. The molecule has 1 rings (SSSR count). The van der Waals surface area contributed by atoms with Crippen molar-refractivity contribution in [2.45, 2.75) is 52.8 Å². The first-order chi connectivity index (χ1) is 6.79. The Kier molecular flexibility index (Phi) is 3.04. The van der Waals surface area contributed by atoms with Gasteiger partial charge in [0.1, 0.15) is 6.61 Å². The highest BCUT2D eigenvalue weighted by Crippen LogP contribution is 2.12. The Bertz CT molecular complexity index is 396. The van der Waals surface area contributed by atoms with Gasteiger partial charge in [0.05, 0.1) is 5.54 Å². The molecule has 1 N–H and O–H groups in total. The zero-order chi connectivity index (χ0) is 11.8. The third kappa shape index (κ3) is 2.12. The van der Waals surface area contributed by atoms with Crippen LogP contribution in [0.15, 0.2) is 4.79 Å². The van der Waals surface area contributed by atoms with Crippen LogP contribution in [-0.2, 0) is 12.1 Å². The van der Waals surface area contributed by atoms with Crippen molar-refractivity contribution < 1.29 is 5.11 Å². The predicted octanol–water partition coefficient (Wildman–Crippen LogP) is 0.873. The Morgan fingerprint density at radius 1 is 1.40 bits per heavy atom. The molecule has 0 atom stereocenters. The fourth-order valence-corrected chi connectivity index (χ4v) is 1.48. The van der Waals surface area contributed by atoms with Gasteiger partial charge >= 0.3 is 5.69 Å². The van der Waals surface area contributed by atoms with E-state index in [1.165, 1.54) is 9.25 Å². The summed E-state index contributed by atoms with van der Waals surface area (Å²) in [6.45, 7) is 9.31. The maximum atomic E-state index is 12.0. The van der Waals surface area contributed by atoms with Gasteiger partial charge in [0.15, 0.2) is 5.82 Å². The molecular weight excluding hydrogens is 194 g/mol. The highest BCUT2D eigenvalue weighted by Gasteiger charge is 2.22. The lowest BCUT2D eigenvalue weighted by Gasteiger charge is -2.17. The van der Waals surface area contributed by atoms with Crippen LogP contribution in [0.5, 0.6) is 0 Å². The molecule has 5 nitrogen and oxygen atoms in total. The van der Waals surface area contributed by atoms with Gasteiger partial charge in [0, 0.05) is 6.04 Å². The van der Waals surface area contributed by atoms with Crippen molar-refractivity contribution in [1.29, 1.82) is 0 Å². The van der Waals surface area contributed by atoms with Gasteiger partial charge in [0.2, 0.25) is 0 Å². The van der Waals surface area contributed by atoms with Crippen LogP contribution in [0, 0.1) is 0 Å². The van der Waals surface area contributed by atoms with Crippen molar-refractivity contribution in [1.82, 2.24) is 14.3 Å². The van der Waals surface area contributed by atoms with E-state index in [0.29, 0.717) is 5.82 Å². The first-order valence-electron chi connectivity index (χ1n) is 5.10. The second-order valence-electron chi connectivity index (χ2n) is 4.90. The van der Waals surface area contributed by atoms with E-state index in [9.17, 15) is 4.79 Å². The summed E-state index contributed by atoms with van der Waals surface area (Å²) in [4.78, 5) is 12.0. The number of nitrogens with zero attached hydrogens (tertiary/aromatic N) is 3. The maximum Gasteiger partial charge on any atom is 0.346 e. The fourth-order valence-electron chi connectivity index (χ4n) is 1.48. The standard InChI is InChI=1S/C10H19N3O2/c1-7(2)12-8(6-14)11-13(9(12)15)10(3,4)5/h7,14H,6H2,1-5H3. The van der Waals surface area contributed by atoms with Crippen molar-refractivity contribution in [3.05, 3.63) is 16.3 Å². The van der Waals surface area contributed by atoms with Crippen LogP contribution < -0.4 is 5.69 Å². The molecule has 0 amide bonds. The SMILES string of the molecule is CC(C)n1c(CO)nn(C(C)(C)C)c1=O. The molecule has 0 fully saturated rings. The molecule has 5 heteroatoms. The third-order valence-corrected chi connectivity index (χ3v) is 2.17. The van der Waals surface area contributed by atoms with Crippen molar-refractivity contribution in [3.8, 4) is 0 Å².